The molecule has 2 heterocycles. The molecule has 1 atom stereocenters. The Hall–Kier alpha value is -2.95. The standard InChI is InChI=1S/C18H17N5/c1-13-11-19-12-23(13)18(14-6-4-3-5-7-14)15-8-9-16-17(10-15)22(2)21-20-16/h3-12,18H,1-2H3. The number of aryl methyl sites for hydroxylation is 2. The molecule has 0 N–H and O–H groups in total. The lowest BCUT2D eigenvalue weighted by Crippen LogP contribution is -2.13. The molecule has 0 aliphatic heterocycles. The highest BCUT2D eigenvalue weighted by atomic mass is 15.4. The predicted molar refractivity (Wildman–Crippen MR) is 89.2 cm³/mol. The van der Waals surface area contributed by atoms with E-state index >= 15 is 0 Å². The van der Waals surface area contributed by atoms with E-state index < -0.39 is 0 Å². The molecule has 0 aliphatic rings. The summed E-state index contributed by atoms with van der Waals surface area (Å²) >= 11 is 0. The van der Waals surface area contributed by atoms with Gasteiger partial charge in [0, 0.05) is 18.9 Å². The van der Waals surface area contributed by atoms with Crippen molar-refractivity contribution in [2.45, 2.75) is 13.0 Å². The minimum Gasteiger partial charge on any atom is -0.323 e. The van der Waals surface area contributed by atoms with Gasteiger partial charge in [0.05, 0.1) is 17.9 Å². The molecule has 0 saturated carbocycles. The molecule has 5 heteroatoms. The van der Waals surface area contributed by atoms with Gasteiger partial charge in [0.15, 0.2) is 0 Å². The van der Waals surface area contributed by atoms with Gasteiger partial charge in [-0.1, -0.05) is 41.6 Å². The van der Waals surface area contributed by atoms with Gasteiger partial charge in [0.1, 0.15) is 5.52 Å². The molecule has 2 aromatic heterocycles. The predicted octanol–water partition coefficient (Wildman–Crippen LogP) is 3.11. The van der Waals surface area contributed by atoms with Crippen LogP contribution in [0.2, 0.25) is 0 Å². The van der Waals surface area contributed by atoms with Crippen molar-refractivity contribution >= 4 is 11.0 Å². The van der Waals surface area contributed by atoms with Crippen LogP contribution in [0, 0.1) is 6.92 Å². The average Bonchev–Trinajstić information content (AvgIpc) is 3.16. The van der Waals surface area contributed by atoms with Crippen LogP contribution >= 0.6 is 0 Å². The summed E-state index contributed by atoms with van der Waals surface area (Å²) in [7, 11) is 1.92. The highest BCUT2D eigenvalue weighted by Gasteiger charge is 2.18. The lowest BCUT2D eigenvalue weighted by molar-refractivity contribution is 0.658. The maximum Gasteiger partial charge on any atom is 0.113 e. The molecule has 2 aromatic carbocycles. The fourth-order valence-electron chi connectivity index (χ4n) is 3.01. The molecule has 0 aliphatic carbocycles. The van der Waals surface area contributed by atoms with Crippen LogP contribution in [0.1, 0.15) is 22.9 Å². The van der Waals surface area contributed by atoms with E-state index in [0.29, 0.717) is 0 Å². The Balaban J connectivity index is 1.93. The van der Waals surface area contributed by atoms with Crippen molar-refractivity contribution < 1.29 is 0 Å². The van der Waals surface area contributed by atoms with Crippen LogP contribution in [0.5, 0.6) is 0 Å². The molecule has 23 heavy (non-hydrogen) atoms. The quantitative estimate of drug-likeness (QED) is 0.584. The first-order valence-electron chi connectivity index (χ1n) is 7.57. The summed E-state index contributed by atoms with van der Waals surface area (Å²) in [4.78, 5) is 4.30. The Morgan fingerprint density at radius 1 is 1.00 bits per heavy atom. The first-order valence-corrected chi connectivity index (χ1v) is 7.57. The van der Waals surface area contributed by atoms with Gasteiger partial charge >= 0.3 is 0 Å². The van der Waals surface area contributed by atoms with Crippen LogP contribution in [0.4, 0.5) is 0 Å². The molecule has 0 spiro atoms. The Bertz CT molecular complexity index is 952. The van der Waals surface area contributed by atoms with E-state index in [1.807, 2.05) is 36.4 Å². The van der Waals surface area contributed by atoms with Gasteiger partial charge in [0.2, 0.25) is 0 Å². The summed E-state index contributed by atoms with van der Waals surface area (Å²) in [5.41, 5.74) is 5.48. The molecule has 4 aromatic rings. The third-order valence-corrected chi connectivity index (χ3v) is 4.20. The maximum atomic E-state index is 4.30. The third kappa shape index (κ3) is 2.30. The first kappa shape index (κ1) is 13.7. The summed E-state index contributed by atoms with van der Waals surface area (Å²) in [5, 5.41) is 8.26. The third-order valence-electron chi connectivity index (χ3n) is 4.20. The van der Waals surface area contributed by atoms with Crippen LogP contribution in [0.3, 0.4) is 0 Å². The van der Waals surface area contributed by atoms with E-state index in [9.17, 15) is 0 Å². The molecule has 0 saturated heterocycles. The molecule has 0 fully saturated rings. The number of rotatable bonds is 3. The number of nitrogens with zero attached hydrogens (tertiary/aromatic N) is 5. The van der Waals surface area contributed by atoms with Crippen LogP contribution in [-0.4, -0.2) is 24.5 Å². The second-order valence-corrected chi connectivity index (χ2v) is 5.72. The number of imidazole rings is 1. The Kier molecular flexibility index (Phi) is 3.19. The molecular formula is C18H17N5. The van der Waals surface area contributed by atoms with Crippen molar-refractivity contribution in [3.05, 3.63) is 77.9 Å². The Morgan fingerprint density at radius 3 is 2.57 bits per heavy atom. The van der Waals surface area contributed by atoms with Gasteiger partial charge in [-0.05, 0) is 30.2 Å². The second kappa shape index (κ2) is 5.35. The summed E-state index contributed by atoms with van der Waals surface area (Å²) in [6, 6.07) is 16.9. The van der Waals surface area contributed by atoms with E-state index in [1.54, 1.807) is 0 Å². The van der Waals surface area contributed by atoms with Gasteiger partial charge in [-0.15, -0.1) is 5.10 Å². The van der Waals surface area contributed by atoms with E-state index in [0.717, 1.165) is 16.7 Å². The van der Waals surface area contributed by atoms with Crippen molar-refractivity contribution in [3.63, 3.8) is 0 Å². The molecule has 4 rings (SSSR count). The lowest BCUT2D eigenvalue weighted by Gasteiger charge is -2.21. The number of aromatic nitrogens is 5. The van der Waals surface area contributed by atoms with Gasteiger partial charge < -0.3 is 4.57 Å². The lowest BCUT2D eigenvalue weighted by atomic mass is 9.97. The van der Waals surface area contributed by atoms with Crippen molar-refractivity contribution in [1.29, 1.82) is 0 Å². The van der Waals surface area contributed by atoms with Gasteiger partial charge in [-0.2, -0.15) is 0 Å². The zero-order chi connectivity index (χ0) is 15.8. The van der Waals surface area contributed by atoms with Crippen LogP contribution in [-0.2, 0) is 7.05 Å². The monoisotopic (exact) mass is 303 g/mol. The maximum absolute atomic E-state index is 4.30. The number of fused-ring (bicyclic) bond motifs is 1. The van der Waals surface area contributed by atoms with E-state index in [-0.39, 0.29) is 6.04 Å². The molecule has 0 radical (unpaired) electrons. The second-order valence-electron chi connectivity index (χ2n) is 5.72. The first-order chi connectivity index (χ1) is 11.2. The zero-order valence-electron chi connectivity index (χ0n) is 13.1. The van der Waals surface area contributed by atoms with Gasteiger partial charge in [-0.3, -0.25) is 0 Å². The van der Waals surface area contributed by atoms with Gasteiger partial charge in [-0.25, -0.2) is 9.67 Å². The van der Waals surface area contributed by atoms with Crippen molar-refractivity contribution in [2.75, 3.05) is 0 Å². The largest absolute Gasteiger partial charge is 0.323 e. The number of hydrogen-bond donors (Lipinski definition) is 0. The van der Waals surface area contributed by atoms with E-state index in [1.165, 1.54) is 11.1 Å². The molecule has 1 unspecified atom stereocenters. The summed E-state index contributed by atoms with van der Waals surface area (Å²) in [5.74, 6) is 0. The van der Waals surface area contributed by atoms with E-state index in [4.69, 9.17) is 0 Å². The summed E-state index contributed by atoms with van der Waals surface area (Å²) in [6.45, 7) is 2.08. The van der Waals surface area contributed by atoms with Crippen LogP contribution in [0.15, 0.2) is 61.1 Å². The van der Waals surface area contributed by atoms with Crippen LogP contribution < -0.4 is 0 Å². The Morgan fingerprint density at radius 2 is 1.83 bits per heavy atom. The van der Waals surface area contributed by atoms with Gasteiger partial charge in [0.25, 0.3) is 0 Å². The summed E-state index contributed by atoms with van der Waals surface area (Å²) < 4.78 is 4.00. The minimum atomic E-state index is 0.0815. The highest BCUT2D eigenvalue weighted by molar-refractivity contribution is 5.75. The number of hydrogen-bond acceptors (Lipinski definition) is 3. The van der Waals surface area contributed by atoms with E-state index in [2.05, 4.69) is 63.2 Å². The van der Waals surface area contributed by atoms with Crippen LogP contribution in [0.25, 0.3) is 11.0 Å². The fourth-order valence-corrected chi connectivity index (χ4v) is 3.01. The molecule has 114 valence electrons. The Labute approximate surface area is 134 Å². The zero-order valence-corrected chi connectivity index (χ0v) is 13.1. The normalized spacial score (nSPS) is 12.6. The molecule has 0 bridgehead atoms. The minimum absolute atomic E-state index is 0.0815. The fraction of sp³-hybridized carbons (Fsp3) is 0.167. The van der Waals surface area contributed by atoms with Crippen molar-refractivity contribution in [3.8, 4) is 0 Å². The topological polar surface area (TPSA) is 48.5 Å². The smallest absolute Gasteiger partial charge is 0.113 e. The molecule has 0 amide bonds. The summed E-state index contributed by atoms with van der Waals surface area (Å²) in [6.07, 6.45) is 3.78. The highest BCUT2D eigenvalue weighted by Crippen LogP contribution is 2.29. The van der Waals surface area contributed by atoms with Crippen molar-refractivity contribution in [1.82, 2.24) is 24.5 Å². The SMILES string of the molecule is Cc1cncn1C(c1ccccc1)c1ccc2nnn(C)c2c1. The number of benzene rings is 2. The average molecular weight is 303 g/mol. The van der Waals surface area contributed by atoms with Crippen molar-refractivity contribution in [2.24, 2.45) is 7.05 Å². The molecular weight excluding hydrogens is 286 g/mol. The molecule has 5 nitrogen and oxygen atoms in total.